The Morgan fingerprint density at radius 3 is 2.29 bits per heavy atom. The van der Waals surface area contributed by atoms with E-state index in [1.807, 2.05) is 0 Å². The lowest BCUT2D eigenvalue weighted by molar-refractivity contribution is 0.106. The second kappa shape index (κ2) is 8.25. The van der Waals surface area contributed by atoms with E-state index in [-0.39, 0.29) is 0 Å². The van der Waals surface area contributed by atoms with E-state index in [0.29, 0.717) is 12.1 Å². The zero-order valence-corrected chi connectivity index (χ0v) is 10.3. The average molecular weight is 201 g/mol. The lowest BCUT2D eigenvalue weighted by Gasteiger charge is -2.18. The Morgan fingerprint density at radius 2 is 1.79 bits per heavy atom. The van der Waals surface area contributed by atoms with Crippen molar-refractivity contribution in [2.45, 2.75) is 65.0 Å². The van der Waals surface area contributed by atoms with Crippen LogP contribution in [-0.4, -0.2) is 19.3 Å². The number of nitrogens with two attached hydrogens (primary N) is 1. The molecule has 86 valence electrons. The van der Waals surface area contributed by atoms with Crippen LogP contribution in [0.15, 0.2) is 0 Å². The third kappa shape index (κ3) is 7.34. The van der Waals surface area contributed by atoms with Crippen LogP contribution in [0.5, 0.6) is 0 Å². The van der Waals surface area contributed by atoms with Gasteiger partial charge in [0, 0.05) is 13.2 Å². The van der Waals surface area contributed by atoms with Crippen LogP contribution in [0.2, 0.25) is 0 Å². The molecule has 0 heterocycles. The van der Waals surface area contributed by atoms with Crippen molar-refractivity contribution in [3.05, 3.63) is 0 Å². The molecule has 0 rings (SSSR count). The largest absolute Gasteiger partial charge is 0.382 e. The predicted octanol–water partition coefficient (Wildman–Crippen LogP) is 2.96. The molecule has 3 unspecified atom stereocenters. The van der Waals surface area contributed by atoms with Crippen LogP contribution in [0, 0.1) is 5.92 Å². The molecule has 0 amide bonds. The van der Waals surface area contributed by atoms with Crippen LogP contribution >= 0.6 is 0 Å². The van der Waals surface area contributed by atoms with Gasteiger partial charge in [-0.15, -0.1) is 0 Å². The van der Waals surface area contributed by atoms with Crippen LogP contribution in [0.4, 0.5) is 0 Å². The molecule has 0 spiro atoms. The fourth-order valence-electron chi connectivity index (χ4n) is 1.81. The summed E-state index contributed by atoms with van der Waals surface area (Å²) < 4.78 is 5.20. The van der Waals surface area contributed by atoms with Crippen LogP contribution in [-0.2, 0) is 4.74 Å². The molecule has 0 aliphatic heterocycles. The number of hydrogen-bond donors (Lipinski definition) is 1. The van der Waals surface area contributed by atoms with Gasteiger partial charge in [0.1, 0.15) is 0 Å². The van der Waals surface area contributed by atoms with Gasteiger partial charge in [0.05, 0.1) is 6.10 Å². The molecule has 3 atom stereocenters. The molecule has 0 aromatic heterocycles. The molecule has 0 aromatic carbocycles. The van der Waals surface area contributed by atoms with Crippen LogP contribution < -0.4 is 5.73 Å². The van der Waals surface area contributed by atoms with E-state index in [2.05, 4.69) is 20.8 Å². The Kier molecular flexibility index (Phi) is 8.20. The molecule has 2 N–H and O–H groups in total. The third-order valence-electron chi connectivity index (χ3n) is 2.83. The molecule has 0 fully saturated rings. The van der Waals surface area contributed by atoms with E-state index in [1.54, 1.807) is 7.11 Å². The second-order valence-corrected chi connectivity index (χ2v) is 4.51. The molecule has 2 nitrogen and oxygen atoms in total. The third-order valence-corrected chi connectivity index (χ3v) is 2.83. The number of hydrogen-bond acceptors (Lipinski definition) is 2. The summed E-state index contributed by atoms with van der Waals surface area (Å²) >= 11 is 0. The molecular weight excluding hydrogens is 174 g/mol. The summed E-state index contributed by atoms with van der Waals surface area (Å²) in [6, 6.07) is 0.356. The van der Waals surface area contributed by atoms with Crippen LogP contribution in [0.25, 0.3) is 0 Å². The van der Waals surface area contributed by atoms with Crippen molar-refractivity contribution in [2.24, 2.45) is 11.7 Å². The molecule has 0 aliphatic rings. The fourth-order valence-corrected chi connectivity index (χ4v) is 1.81. The summed E-state index contributed by atoms with van der Waals surface area (Å²) in [6.45, 7) is 6.63. The number of rotatable bonds is 8. The van der Waals surface area contributed by atoms with Gasteiger partial charge in [-0.1, -0.05) is 26.7 Å². The molecule has 0 bridgehead atoms. The van der Waals surface area contributed by atoms with Crippen molar-refractivity contribution in [1.82, 2.24) is 0 Å². The first-order chi connectivity index (χ1) is 6.60. The van der Waals surface area contributed by atoms with Crippen molar-refractivity contribution in [2.75, 3.05) is 7.11 Å². The Morgan fingerprint density at radius 1 is 1.14 bits per heavy atom. The number of methoxy groups -OCH3 is 1. The monoisotopic (exact) mass is 201 g/mol. The normalized spacial score (nSPS) is 17.8. The molecule has 0 saturated heterocycles. The molecule has 2 heteroatoms. The minimum absolute atomic E-state index is 0.350. The first-order valence-electron chi connectivity index (χ1n) is 5.88. The molecule has 0 saturated carbocycles. The molecule has 0 aromatic rings. The lowest BCUT2D eigenvalue weighted by Crippen LogP contribution is -2.24. The molecule has 0 radical (unpaired) electrons. The Labute approximate surface area is 89.2 Å². The minimum atomic E-state index is 0.350. The van der Waals surface area contributed by atoms with E-state index in [9.17, 15) is 0 Å². The highest BCUT2D eigenvalue weighted by Crippen LogP contribution is 2.15. The van der Waals surface area contributed by atoms with Gasteiger partial charge < -0.3 is 10.5 Å². The first-order valence-corrected chi connectivity index (χ1v) is 5.88. The van der Waals surface area contributed by atoms with E-state index in [1.165, 1.54) is 12.8 Å². The SMILES string of the molecule is CCCC(C)CC(N)CCC(C)OC. The quantitative estimate of drug-likeness (QED) is 0.655. The highest BCUT2D eigenvalue weighted by molar-refractivity contribution is 4.67. The minimum Gasteiger partial charge on any atom is -0.382 e. The zero-order valence-electron chi connectivity index (χ0n) is 10.3. The van der Waals surface area contributed by atoms with Gasteiger partial charge in [0.25, 0.3) is 0 Å². The van der Waals surface area contributed by atoms with E-state index >= 15 is 0 Å². The molecular formula is C12H27NO. The Bertz CT molecular complexity index is 127. The van der Waals surface area contributed by atoms with Gasteiger partial charge in [-0.05, 0) is 32.1 Å². The smallest absolute Gasteiger partial charge is 0.0543 e. The number of ether oxygens (including phenoxy) is 1. The fraction of sp³-hybridized carbons (Fsp3) is 1.00. The summed E-state index contributed by atoms with van der Waals surface area (Å²) in [5, 5.41) is 0. The maximum Gasteiger partial charge on any atom is 0.0543 e. The predicted molar refractivity (Wildman–Crippen MR) is 62.4 cm³/mol. The van der Waals surface area contributed by atoms with Gasteiger partial charge in [-0.3, -0.25) is 0 Å². The van der Waals surface area contributed by atoms with E-state index < -0.39 is 0 Å². The maximum atomic E-state index is 6.05. The summed E-state index contributed by atoms with van der Waals surface area (Å²) in [4.78, 5) is 0. The second-order valence-electron chi connectivity index (χ2n) is 4.51. The standard InChI is InChI=1S/C12H27NO/c1-5-6-10(2)9-12(13)8-7-11(3)14-4/h10-12H,5-9,13H2,1-4H3. The summed E-state index contributed by atoms with van der Waals surface area (Å²) in [5.74, 6) is 0.771. The van der Waals surface area contributed by atoms with Crippen molar-refractivity contribution in [3.8, 4) is 0 Å². The van der Waals surface area contributed by atoms with Gasteiger partial charge in [-0.25, -0.2) is 0 Å². The highest BCUT2D eigenvalue weighted by Gasteiger charge is 2.10. The van der Waals surface area contributed by atoms with Crippen molar-refractivity contribution < 1.29 is 4.74 Å². The topological polar surface area (TPSA) is 35.2 Å². The summed E-state index contributed by atoms with van der Waals surface area (Å²) in [6.07, 6.45) is 6.24. The molecule has 14 heavy (non-hydrogen) atoms. The van der Waals surface area contributed by atoms with Crippen molar-refractivity contribution in [3.63, 3.8) is 0 Å². The average Bonchev–Trinajstić information content (AvgIpc) is 2.14. The zero-order chi connectivity index (χ0) is 11.0. The summed E-state index contributed by atoms with van der Waals surface area (Å²) in [5.41, 5.74) is 6.05. The van der Waals surface area contributed by atoms with E-state index in [0.717, 1.165) is 25.2 Å². The Balaban J connectivity index is 3.49. The summed E-state index contributed by atoms with van der Waals surface area (Å²) in [7, 11) is 1.76. The van der Waals surface area contributed by atoms with E-state index in [4.69, 9.17) is 10.5 Å². The van der Waals surface area contributed by atoms with Crippen molar-refractivity contribution in [1.29, 1.82) is 0 Å². The lowest BCUT2D eigenvalue weighted by atomic mass is 9.95. The maximum absolute atomic E-state index is 6.05. The van der Waals surface area contributed by atoms with Crippen LogP contribution in [0.1, 0.15) is 52.9 Å². The van der Waals surface area contributed by atoms with Crippen molar-refractivity contribution >= 4 is 0 Å². The molecule has 0 aliphatic carbocycles. The Hall–Kier alpha value is -0.0800. The van der Waals surface area contributed by atoms with Gasteiger partial charge in [-0.2, -0.15) is 0 Å². The highest BCUT2D eigenvalue weighted by atomic mass is 16.5. The van der Waals surface area contributed by atoms with Crippen LogP contribution in [0.3, 0.4) is 0 Å². The first kappa shape index (κ1) is 13.9. The van der Waals surface area contributed by atoms with Gasteiger partial charge in [0.2, 0.25) is 0 Å². The van der Waals surface area contributed by atoms with Gasteiger partial charge >= 0.3 is 0 Å². The van der Waals surface area contributed by atoms with Gasteiger partial charge in [0.15, 0.2) is 0 Å².